The Kier molecular flexibility index (Phi) is 5.89. The molecule has 0 saturated carbocycles. The van der Waals surface area contributed by atoms with Gasteiger partial charge in [0.25, 0.3) is 0 Å². The van der Waals surface area contributed by atoms with Gasteiger partial charge in [0.15, 0.2) is 0 Å². The monoisotopic (exact) mass is 352 g/mol. The van der Waals surface area contributed by atoms with Gasteiger partial charge >= 0.3 is 6.09 Å². The number of carbonyl (C=O) groups is 2. The number of rotatable bonds is 7. The minimum Gasteiger partial charge on any atom is -0.465 e. The third-order valence-corrected chi connectivity index (χ3v) is 4.86. The lowest BCUT2D eigenvalue weighted by Gasteiger charge is -2.21. The summed E-state index contributed by atoms with van der Waals surface area (Å²) < 4.78 is 0. The zero-order chi connectivity index (χ0) is 18.4. The summed E-state index contributed by atoms with van der Waals surface area (Å²) in [6, 6.07) is 19.5. The third-order valence-electron chi connectivity index (χ3n) is 4.86. The molecule has 1 N–H and O–H groups in total. The van der Waals surface area contributed by atoms with E-state index in [0.717, 1.165) is 24.1 Å². The van der Waals surface area contributed by atoms with Gasteiger partial charge in [0.2, 0.25) is 5.91 Å². The van der Waals surface area contributed by atoms with E-state index >= 15 is 0 Å². The number of hydrogen-bond acceptors (Lipinski definition) is 2. The summed E-state index contributed by atoms with van der Waals surface area (Å²) in [5, 5.41) is 9.45. The van der Waals surface area contributed by atoms with Gasteiger partial charge in [-0.25, -0.2) is 4.79 Å². The average Bonchev–Trinajstić information content (AvgIpc) is 3.00. The molecule has 0 spiro atoms. The molecule has 5 heteroatoms. The molecular weight excluding hydrogens is 328 g/mol. The van der Waals surface area contributed by atoms with Crippen molar-refractivity contribution in [3.8, 4) is 0 Å². The van der Waals surface area contributed by atoms with Crippen LogP contribution in [0.5, 0.6) is 0 Å². The van der Waals surface area contributed by atoms with Gasteiger partial charge in [0.1, 0.15) is 0 Å². The summed E-state index contributed by atoms with van der Waals surface area (Å²) in [5.74, 6) is 0.0511. The molecule has 26 heavy (non-hydrogen) atoms. The fourth-order valence-corrected chi connectivity index (χ4v) is 3.39. The summed E-state index contributed by atoms with van der Waals surface area (Å²) in [6.45, 7) is 2.09. The Balaban J connectivity index is 1.53. The highest BCUT2D eigenvalue weighted by Crippen LogP contribution is 2.24. The van der Waals surface area contributed by atoms with E-state index in [1.165, 1.54) is 4.90 Å². The van der Waals surface area contributed by atoms with Crippen molar-refractivity contribution in [3.05, 3.63) is 71.8 Å². The first-order valence-electron chi connectivity index (χ1n) is 8.98. The lowest BCUT2D eigenvalue weighted by Crippen LogP contribution is -2.33. The van der Waals surface area contributed by atoms with Crippen molar-refractivity contribution in [1.82, 2.24) is 9.80 Å². The summed E-state index contributed by atoms with van der Waals surface area (Å²) in [7, 11) is 0. The number of likely N-dealkylation sites (tertiary alicyclic amines) is 1. The molecule has 1 unspecified atom stereocenters. The van der Waals surface area contributed by atoms with Crippen molar-refractivity contribution in [1.29, 1.82) is 0 Å². The van der Waals surface area contributed by atoms with Crippen LogP contribution < -0.4 is 0 Å². The number of amides is 2. The smallest absolute Gasteiger partial charge is 0.407 e. The van der Waals surface area contributed by atoms with Crippen molar-refractivity contribution in [2.75, 3.05) is 13.1 Å². The second kappa shape index (κ2) is 8.52. The molecule has 1 atom stereocenters. The van der Waals surface area contributed by atoms with Crippen LogP contribution in [0.4, 0.5) is 4.79 Å². The van der Waals surface area contributed by atoms with Crippen molar-refractivity contribution >= 4 is 12.0 Å². The van der Waals surface area contributed by atoms with Crippen molar-refractivity contribution in [3.63, 3.8) is 0 Å². The van der Waals surface area contributed by atoms with Gasteiger partial charge in [-0.2, -0.15) is 0 Å². The van der Waals surface area contributed by atoms with Crippen LogP contribution >= 0.6 is 0 Å². The highest BCUT2D eigenvalue weighted by atomic mass is 16.4. The molecule has 2 amide bonds. The minimum atomic E-state index is -0.944. The number of carboxylic acid groups (broad SMARTS) is 1. The van der Waals surface area contributed by atoms with E-state index in [1.54, 1.807) is 0 Å². The van der Waals surface area contributed by atoms with Gasteiger partial charge in [-0.15, -0.1) is 0 Å². The van der Waals surface area contributed by atoms with Gasteiger partial charge in [-0.1, -0.05) is 60.7 Å². The second-order valence-electron chi connectivity index (χ2n) is 6.71. The van der Waals surface area contributed by atoms with Crippen LogP contribution in [0.2, 0.25) is 0 Å². The molecule has 136 valence electrons. The Labute approximate surface area is 153 Å². The molecule has 1 aliphatic heterocycles. The minimum absolute atomic E-state index is 0.0867. The van der Waals surface area contributed by atoms with E-state index in [-0.39, 0.29) is 11.8 Å². The standard InChI is InChI=1S/C21H24N2O3/c24-20-19(11-13-22(20)15-17-7-3-1-4-8-17)12-14-23(21(25)26)16-18-9-5-2-6-10-18/h1-10,19H,11-16H2,(H,25,26). The summed E-state index contributed by atoms with van der Waals surface area (Å²) in [4.78, 5) is 27.4. The molecule has 0 bridgehead atoms. The van der Waals surface area contributed by atoms with E-state index in [1.807, 2.05) is 65.6 Å². The third kappa shape index (κ3) is 4.63. The summed E-state index contributed by atoms with van der Waals surface area (Å²) >= 11 is 0. The molecule has 0 aliphatic carbocycles. The summed E-state index contributed by atoms with van der Waals surface area (Å²) in [5.41, 5.74) is 2.08. The largest absolute Gasteiger partial charge is 0.465 e. The molecule has 1 fully saturated rings. The maximum atomic E-state index is 12.6. The molecule has 0 radical (unpaired) electrons. The Morgan fingerprint density at radius 1 is 1.04 bits per heavy atom. The normalized spacial score (nSPS) is 16.7. The topological polar surface area (TPSA) is 60.9 Å². The van der Waals surface area contributed by atoms with Gasteiger partial charge in [0, 0.05) is 32.1 Å². The van der Waals surface area contributed by atoms with Gasteiger partial charge < -0.3 is 14.9 Å². The maximum absolute atomic E-state index is 12.6. The Morgan fingerprint density at radius 3 is 2.27 bits per heavy atom. The predicted octanol–water partition coefficient (Wildman–Crippen LogP) is 3.61. The van der Waals surface area contributed by atoms with Gasteiger partial charge in [-0.3, -0.25) is 4.79 Å². The molecule has 0 aromatic heterocycles. The number of hydrogen-bond donors (Lipinski definition) is 1. The van der Waals surface area contributed by atoms with Crippen molar-refractivity contribution < 1.29 is 14.7 Å². The SMILES string of the molecule is O=C(O)N(CCC1CCN(Cc2ccccc2)C1=O)Cc1ccccc1. The van der Waals surface area contributed by atoms with Crippen LogP contribution in [0.25, 0.3) is 0 Å². The fraction of sp³-hybridized carbons (Fsp3) is 0.333. The zero-order valence-electron chi connectivity index (χ0n) is 14.8. The van der Waals surface area contributed by atoms with Gasteiger partial charge in [-0.05, 0) is 24.0 Å². The fourth-order valence-electron chi connectivity index (χ4n) is 3.39. The highest BCUT2D eigenvalue weighted by Gasteiger charge is 2.31. The number of benzene rings is 2. The first-order valence-corrected chi connectivity index (χ1v) is 8.98. The summed E-state index contributed by atoms with van der Waals surface area (Å²) in [6.07, 6.45) is 0.425. The quantitative estimate of drug-likeness (QED) is 0.828. The predicted molar refractivity (Wildman–Crippen MR) is 99.5 cm³/mol. The van der Waals surface area contributed by atoms with E-state index < -0.39 is 6.09 Å². The van der Waals surface area contributed by atoms with Crippen LogP contribution in [-0.2, 0) is 17.9 Å². The van der Waals surface area contributed by atoms with Gasteiger partial charge in [0.05, 0.1) is 0 Å². The maximum Gasteiger partial charge on any atom is 0.407 e. The number of nitrogens with zero attached hydrogens (tertiary/aromatic N) is 2. The molecule has 2 aromatic carbocycles. The average molecular weight is 352 g/mol. The van der Waals surface area contributed by atoms with E-state index in [4.69, 9.17) is 0 Å². The lowest BCUT2D eigenvalue weighted by atomic mass is 10.0. The first-order chi connectivity index (χ1) is 12.6. The molecule has 1 aliphatic rings. The van der Waals surface area contributed by atoms with Crippen molar-refractivity contribution in [2.45, 2.75) is 25.9 Å². The van der Waals surface area contributed by atoms with Crippen LogP contribution in [0.15, 0.2) is 60.7 Å². The molecule has 2 aromatic rings. The Morgan fingerprint density at radius 2 is 1.65 bits per heavy atom. The molecule has 1 saturated heterocycles. The zero-order valence-corrected chi connectivity index (χ0v) is 14.8. The second-order valence-corrected chi connectivity index (χ2v) is 6.71. The van der Waals surface area contributed by atoms with Crippen LogP contribution in [0, 0.1) is 5.92 Å². The first kappa shape index (κ1) is 18.0. The van der Waals surface area contributed by atoms with E-state index in [9.17, 15) is 14.7 Å². The Bertz CT molecular complexity index is 733. The van der Waals surface area contributed by atoms with Crippen LogP contribution in [0.3, 0.4) is 0 Å². The lowest BCUT2D eigenvalue weighted by molar-refractivity contribution is -0.131. The Hall–Kier alpha value is -2.82. The van der Waals surface area contributed by atoms with E-state index in [2.05, 4.69) is 0 Å². The molecule has 3 rings (SSSR count). The van der Waals surface area contributed by atoms with Crippen LogP contribution in [-0.4, -0.2) is 40.0 Å². The van der Waals surface area contributed by atoms with Crippen LogP contribution in [0.1, 0.15) is 24.0 Å². The van der Waals surface area contributed by atoms with Crippen molar-refractivity contribution in [2.24, 2.45) is 5.92 Å². The molecular formula is C21H24N2O3. The van der Waals surface area contributed by atoms with E-state index in [0.29, 0.717) is 26.1 Å². The molecule has 5 nitrogen and oxygen atoms in total. The highest BCUT2D eigenvalue weighted by molar-refractivity contribution is 5.80. The number of carbonyl (C=O) groups excluding carboxylic acids is 1. The molecule has 1 heterocycles.